The van der Waals surface area contributed by atoms with Crippen LogP contribution < -0.4 is 4.90 Å². The minimum Gasteiger partial charge on any atom is -0.353 e. The molecule has 0 spiro atoms. The molecule has 0 saturated carbocycles. The molecule has 0 aliphatic carbocycles. The predicted molar refractivity (Wildman–Crippen MR) is 114 cm³/mol. The van der Waals surface area contributed by atoms with Gasteiger partial charge >= 0.3 is 0 Å². The number of nitrogens with zero attached hydrogens (tertiary/aromatic N) is 3. The molecule has 0 aliphatic heterocycles. The second kappa shape index (κ2) is 9.70. The summed E-state index contributed by atoms with van der Waals surface area (Å²) in [5.41, 5.74) is 2.99. The normalized spacial score (nSPS) is 10.5. The smallest absolute Gasteiger partial charge is 0.255 e. The molecule has 0 unspecified atom stereocenters. The molecule has 1 amide bonds. The van der Waals surface area contributed by atoms with Crippen LogP contribution in [0.15, 0.2) is 79.0 Å². The van der Waals surface area contributed by atoms with E-state index in [1.165, 1.54) is 5.56 Å². The number of hydrogen-bond donors (Lipinski definition) is 0. The van der Waals surface area contributed by atoms with Crippen molar-refractivity contribution in [2.24, 2.45) is 0 Å². The highest BCUT2D eigenvalue weighted by molar-refractivity contribution is 5.94. The van der Waals surface area contributed by atoms with Crippen LogP contribution in [0.5, 0.6) is 0 Å². The van der Waals surface area contributed by atoms with Crippen molar-refractivity contribution in [2.45, 2.75) is 26.9 Å². The number of carbonyl (C=O) groups excluding carboxylic acids is 1. The summed E-state index contributed by atoms with van der Waals surface area (Å²) in [6.45, 7) is 7.03. The van der Waals surface area contributed by atoms with Crippen LogP contribution in [-0.4, -0.2) is 28.9 Å². The Morgan fingerprint density at radius 3 is 1.89 bits per heavy atom. The van der Waals surface area contributed by atoms with E-state index in [2.05, 4.69) is 28.9 Å². The summed E-state index contributed by atoms with van der Waals surface area (Å²) < 4.78 is 0. The Kier molecular flexibility index (Phi) is 6.79. The monoisotopic (exact) mass is 373 g/mol. The molecule has 1 aromatic heterocycles. The lowest BCUT2D eigenvalue weighted by atomic mass is 10.2. The maximum absolute atomic E-state index is 12.9. The highest BCUT2D eigenvalue weighted by Crippen LogP contribution is 2.16. The van der Waals surface area contributed by atoms with Gasteiger partial charge in [-0.2, -0.15) is 0 Å². The summed E-state index contributed by atoms with van der Waals surface area (Å²) in [6.07, 6.45) is 1.69. The third kappa shape index (κ3) is 4.97. The van der Waals surface area contributed by atoms with E-state index < -0.39 is 0 Å². The van der Waals surface area contributed by atoms with Gasteiger partial charge in [-0.15, -0.1) is 0 Å². The molecule has 28 heavy (non-hydrogen) atoms. The van der Waals surface area contributed by atoms with Gasteiger partial charge < -0.3 is 9.80 Å². The summed E-state index contributed by atoms with van der Waals surface area (Å²) in [4.78, 5) is 21.5. The molecule has 3 aromatic rings. The Hall–Kier alpha value is -3.14. The topological polar surface area (TPSA) is 36.4 Å². The van der Waals surface area contributed by atoms with Gasteiger partial charge in [-0.3, -0.25) is 4.79 Å². The first kappa shape index (κ1) is 19.6. The molecule has 2 aromatic carbocycles. The van der Waals surface area contributed by atoms with Crippen LogP contribution in [0.2, 0.25) is 0 Å². The number of amides is 1. The number of anilines is 1. The van der Waals surface area contributed by atoms with E-state index in [1.807, 2.05) is 72.5 Å². The number of carbonyl (C=O) groups is 1. The molecule has 0 radical (unpaired) electrons. The molecule has 0 aliphatic rings. The van der Waals surface area contributed by atoms with Crippen LogP contribution in [0, 0.1) is 0 Å². The van der Waals surface area contributed by atoms with Crippen LogP contribution in [-0.2, 0) is 13.1 Å². The zero-order valence-corrected chi connectivity index (χ0v) is 16.6. The van der Waals surface area contributed by atoms with Crippen molar-refractivity contribution in [3.05, 3.63) is 95.7 Å². The third-order valence-electron chi connectivity index (χ3n) is 4.80. The van der Waals surface area contributed by atoms with Gasteiger partial charge in [0.15, 0.2) is 0 Å². The van der Waals surface area contributed by atoms with Gasteiger partial charge in [0.1, 0.15) is 5.82 Å². The zero-order valence-electron chi connectivity index (χ0n) is 16.6. The fourth-order valence-corrected chi connectivity index (χ4v) is 3.17. The molecule has 3 rings (SSSR count). The first-order valence-corrected chi connectivity index (χ1v) is 9.79. The van der Waals surface area contributed by atoms with Crippen molar-refractivity contribution < 1.29 is 4.79 Å². The zero-order chi connectivity index (χ0) is 19.8. The summed E-state index contributed by atoms with van der Waals surface area (Å²) in [7, 11) is 0. The Morgan fingerprint density at radius 1 is 0.786 bits per heavy atom. The Morgan fingerprint density at radius 2 is 1.39 bits per heavy atom. The van der Waals surface area contributed by atoms with Crippen molar-refractivity contribution in [2.75, 3.05) is 18.0 Å². The van der Waals surface area contributed by atoms with E-state index in [4.69, 9.17) is 0 Å². The van der Waals surface area contributed by atoms with Crippen molar-refractivity contribution in [1.82, 2.24) is 9.88 Å². The maximum Gasteiger partial charge on any atom is 0.255 e. The minimum atomic E-state index is 0.0107. The van der Waals surface area contributed by atoms with Crippen molar-refractivity contribution in [1.29, 1.82) is 0 Å². The molecular weight excluding hydrogens is 346 g/mol. The SMILES string of the molecule is CCN(Cc1ccccc1)C(=O)c1ccc(N(CC)Cc2ccccc2)nc1. The second-order valence-electron chi connectivity index (χ2n) is 6.71. The quantitative estimate of drug-likeness (QED) is 0.571. The van der Waals surface area contributed by atoms with E-state index in [9.17, 15) is 4.79 Å². The molecule has 0 fully saturated rings. The molecule has 4 nitrogen and oxygen atoms in total. The van der Waals surface area contributed by atoms with Gasteiger partial charge in [-0.25, -0.2) is 4.98 Å². The first-order valence-electron chi connectivity index (χ1n) is 9.79. The van der Waals surface area contributed by atoms with Crippen LogP contribution in [0.1, 0.15) is 35.3 Å². The molecule has 0 saturated heterocycles. The molecule has 0 bridgehead atoms. The Labute approximate surface area is 167 Å². The fourth-order valence-electron chi connectivity index (χ4n) is 3.17. The first-order chi connectivity index (χ1) is 13.7. The van der Waals surface area contributed by atoms with E-state index in [0.29, 0.717) is 18.7 Å². The third-order valence-corrected chi connectivity index (χ3v) is 4.80. The van der Waals surface area contributed by atoms with Crippen LogP contribution >= 0.6 is 0 Å². The average Bonchev–Trinajstić information content (AvgIpc) is 2.77. The lowest BCUT2D eigenvalue weighted by Crippen LogP contribution is -2.30. The molecule has 1 heterocycles. The van der Waals surface area contributed by atoms with Crippen molar-refractivity contribution in [3.8, 4) is 0 Å². The molecule has 0 atom stereocenters. The van der Waals surface area contributed by atoms with Gasteiger partial charge in [-0.05, 0) is 37.1 Å². The number of aromatic nitrogens is 1. The van der Waals surface area contributed by atoms with Crippen LogP contribution in [0.25, 0.3) is 0 Å². The molecule has 0 N–H and O–H groups in total. The lowest BCUT2D eigenvalue weighted by Gasteiger charge is -2.23. The summed E-state index contributed by atoms with van der Waals surface area (Å²) in [6, 6.07) is 24.2. The van der Waals surface area contributed by atoms with Crippen LogP contribution in [0.4, 0.5) is 5.82 Å². The van der Waals surface area contributed by atoms with Crippen LogP contribution in [0.3, 0.4) is 0 Å². The second-order valence-corrected chi connectivity index (χ2v) is 6.71. The summed E-state index contributed by atoms with van der Waals surface area (Å²) >= 11 is 0. The van der Waals surface area contributed by atoms with E-state index >= 15 is 0 Å². The Bertz CT molecular complexity index is 863. The highest BCUT2D eigenvalue weighted by atomic mass is 16.2. The number of benzene rings is 2. The number of pyridine rings is 1. The fraction of sp³-hybridized carbons (Fsp3) is 0.250. The van der Waals surface area contributed by atoms with E-state index in [0.717, 1.165) is 24.5 Å². The largest absolute Gasteiger partial charge is 0.353 e. The molecule has 144 valence electrons. The molecule has 4 heteroatoms. The van der Waals surface area contributed by atoms with Crippen molar-refractivity contribution in [3.63, 3.8) is 0 Å². The summed E-state index contributed by atoms with van der Waals surface area (Å²) in [5, 5.41) is 0. The molecular formula is C24H27N3O. The van der Waals surface area contributed by atoms with Crippen molar-refractivity contribution >= 4 is 11.7 Å². The highest BCUT2D eigenvalue weighted by Gasteiger charge is 2.16. The standard InChI is InChI=1S/C24H27N3O/c1-3-26(18-20-11-7-5-8-12-20)23-16-15-22(17-25-23)24(28)27(4-2)19-21-13-9-6-10-14-21/h5-17H,3-4,18-19H2,1-2H3. The Balaban J connectivity index is 1.70. The van der Waals surface area contributed by atoms with Gasteiger partial charge in [0, 0.05) is 32.4 Å². The van der Waals surface area contributed by atoms with E-state index in [1.54, 1.807) is 6.20 Å². The minimum absolute atomic E-state index is 0.0107. The predicted octanol–water partition coefficient (Wildman–Crippen LogP) is 4.77. The number of rotatable bonds is 8. The number of hydrogen-bond acceptors (Lipinski definition) is 3. The average molecular weight is 374 g/mol. The van der Waals surface area contributed by atoms with Gasteiger partial charge in [0.2, 0.25) is 0 Å². The van der Waals surface area contributed by atoms with E-state index in [-0.39, 0.29) is 5.91 Å². The lowest BCUT2D eigenvalue weighted by molar-refractivity contribution is 0.0752. The van der Waals surface area contributed by atoms with Gasteiger partial charge in [0.05, 0.1) is 5.56 Å². The van der Waals surface area contributed by atoms with Gasteiger partial charge in [-0.1, -0.05) is 60.7 Å². The maximum atomic E-state index is 12.9. The summed E-state index contributed by atoms with van der Waals surface area (Å²) in [5.74, 6) is 0.894. The van der Waals surface area contributed by atoms with Gasteiger partial charge in [0.25, 0.3) is 5.91 Å².